The molecule has 1 aliphatic rings. The van der Waals surface area contributed by atoms with E-state index in [4.69, 9.17) is 5.11 Å². The van der Waals surface area contributed by atoms with Crippen LogP contribution in [0.4, 0.5) is 15.8 Å². The number of nitrogens with zero attached hydrogens (tertiary/aromatic N) is 1. The maximum atomic E-state index is 14.4. The van der Waals surface area contributed by atoms with E-state index in [1.807, 2.05) is 12.1 Å². The van der Waals surface area contributed by atoms with E-state index in [0.29, 0.717) is 12.1 Å². The third-order valence-corrected chi connectivity index (χ3v) is 5.73. The van der Waals surface area contributed by atoms with Gasteiger partial charge in [0, 0.05) is 26.1 Å². The quantitative estimate of drug-likeness (QED) is 0.514. The number of carboxylic acid groups (broad SMARTS) is 1. The molecule has 3 aromatic carbocycles. The number of halogens is 1. The fourth-order valence-corrected chi connectivity index (χ4v) is 4.19. The van der Waals surface area contributed by atoms with E-state index >= 15 is 0 Å². The lowest BCUT2D eigenvalue weighted by Gasteiger charge is -2.33. The first-order valence-corrected chi connectivity index (χ1v) is 10.7. The van der Waals surface area contributed by atoms with Gasteiger partial charge in [0.05, 0.1) is 11.4 Å². The minimum absolute atomic E-state index is 0.0675. The Bertz CT molecular complexity index is 1050. The minimum atomic E-state index is -0.918. The predicted octanol–water partition coefficient (Wildman–Crippen LogP) is 5.41. The molecular weight excluding hydrogens is 391 g/mol. The van der Waals surface area contributed by atoms with Crippen LogP contribution >= 0.6 is 0 Å². The van der Waals surface area contributed by atoms with Gasteiger partial charge in [0.25, 0.3) is 0 Å². The largest absolute Gasteiger partial charge is 0.481 e. The number of rotatable bonds is 8. The summed E-state index contributed by atoms with van der Waals surface area (Å²) >= 11 is 0. The Hall–Kier alpha value is -3.34. The number of carboxylic acids is 1. The molecule has 2 N–H and O–H groups in total. The van der Waals surface area contributed by atoms with Crippen molar-refractivity contribution >= 4 is 17.3 Å². The van der Waals surface area contributed by atoms with Gasteiger partial charge in [-0.1, -0.05) is 54.6 Å². The zero-order valence-corrected chi connectivity index (χ0v) is 17.5. The van der Waals surface area contributed by atoms with Gasteiger partial charge in [0.1, 0.15) is 5.82 Å². The molecule has 0 bridgehead atoms. The van der Waals surface area contributed by atoms with Gasteiger partial charge in [0.2, 0.25) is 0 Å². The Balaban J connectivity index is 1.49. The van der Waals surface area contributed by atoms with Crippen LogP contribution in [0.5, 0.6) is 0 Å². The van der Waals surface area contributed by atoms with Crippen LogP contribution in [0.2, 0.25) is 0 Å². The molecule has 0 aliphatic carbocycles. The monoisotopic (exact) mass is 418 g/mol. The molecule has 0 atom stereocenters. The number of hydrogen-bond donors (Lipinski definition) is 2. The molecule has 0 radical (unpaired) electrons. The van der Waals surface area contributed by atoms with Gasteiger partial charge in [-0.25, -0.2) is 4.39 Å². The lowest BCUT2D eigenvalue weighted by molar-refractivity contribution is -0.136. The van der Waals surface area contributed by atoms with Crippen LogP contribution in [0, 0.1) is 5.82 Å². The Labute approximate surface area is 182 Å². The van der Waals surface area contributed by atoms with E-state index in [1.165, 1.54) is 22.9 Å². The first-order chi connectivity index (χ1) is 15.1. The summed E-state index contributed by atoms with van der Waals surface area (Å²) in [7, 11) is 0. The SMILES string of the molecule is O=C(O)CCc1ccc(CNc2cccc3c2N(Cc2ccccc2)CCC3)cc1F. The number of nitrogens with one attached hydrogen (secondary N) is 1. The van der Waals surface area contributed by atoms with E-state index in [9.17, 15) is 9.18 Å². The zero-order valence-electron chi connectivity index (χ0n) is 17.5. The Morgan fingerprint density at radius 1 is 1.03 bits per heavy atom. The molecule has 0 spiro atoms. The molecule has 0 saturated heterocycles. The van der Waals surface area contributed by atoms with Gasteiger partial charge in [-0.2, -0.15) is 0 Å². The second-order valence-electron chi connectivity index (χ2n) is 8.00. The van der Waals surface area contributed by atoms with Gasteiger partial charge in [-0.3, -0.25) is 4.79 Å². The molecule has 0 amide bonds. The molecule has 0 fully saturated rings. The number of carbonyl (C=O) groups is 1. The minimum Gasteiger partial charge on any atom is -0.481 e. The second kappa shape index (κ2) is 9.65. The van der Waals surface area contributed by atoms with Crippen molar-refractivity contribution in [3.05, 3.63) is 94.8 Å². The van der Waals surface area contributed by atoms with Gasteiger partial charge < -0.3 is 15.3 Å². The average Bonchev–Trinajstić information content (AvgIpc) is 2.77. The van der Waals surface area contributed by atoms with E-state index in [-0.39, 0.29) is 18.7 Å². The van der Waals surface area contributed by atoms with Crippen LogP contribution in [0.3, 0.4) is 0 Å². The molecule has 1 aliphatic heterocycles. The number of fused-ring (bicyclic) bond motifs is 1. The van der Waals surface area contributed by atoms with Crippen molar-refractivity contribution in [2.45, 2.75) is 38.8 Å². The number of para-hydroxylation sites is 1. The third-order valence-electron chi connectivity index (χ3n) is 5.73. The molecule has 1 heterocycles. The molecular formula is C26H27FN2O2. The molecule has 31 heavy (non-hydrogen) atoms. The average molecular weight is 419 g/mol. The summed E-state index contributed by atoms with van der Waals surface area (Å²) in [6.07, 6.45) is 2.33. The van der Waals surface area contributed by atoms with Crippen LogP contribution in [-0.2, 0) is 30.7 Å². The van der Waals surface area contributed by atoms with Gasteiger partial charge >= 0.3 is 5.97 Å². The fraction of sp³-hybridized carbons (Fsp3) is 0.269. The smallest absolute Gasteiger partial charge is 0.303 e. The molecule has 5 heteroatoms. The normalized spacial score (nSPS) is 13.0. The lowest BCUT2D eigenvalue weighted by Crippen LogP contribution is -2.29. The number of benzene rings is 3. The Kier molecular flexibility index (Phi) is 6.51. The lowest BCUT2D eigenvalue weighted by atomic mass is 9.99. The van der Waals surface area contributed by atoms with E-state index in [1.54, 1.807) is 6.07 Å². The van der Waals surface area contributed by atoms with Crippen molar-refractivity contribution in [3.63, 3.8) is 0 Å². The van der Waals surface area contributed by atoms with Crippen LogP contribution in [0.1, 0.15) is 35.1 Å². The zero-order chi connectivity index (χ0) is 21.6. The van der Waals surface area contributed by atoms with E-state index < -0.39 is 5.97 Å². The van der Waals surface area contributed by atoms with Crippen molar-refractivity contribution in [2.24, 2.45) is 0 Å². The van der Waals surface area contributed by atoms with Gasteiger partial charge in [-0.15, -0.1) is 0 Å². The number of aliphatic carboxylic acids is 1. The summed E-state index contributed by atoms with van der Waals surface area (Å²) in [6.45, 7) is 2.37. The maximum Gasteiger partial charge on any atom is 0.303 e. The number of hydrogen-bond acceptors (Lipinski definition) is 3. The first-order valence-electron chi connectivity index (χ1n) is 10.7. The number of aryl methyl sites for hydroxylation is 2. The van der Waals surface area contributed by atoms with Crippen LogP contribution in [0.25, 0.3) is 0 Å². The Morgan fingerprint density at radius 2 is 1.87 bits per heavy atom. The highest BCUT2D eigenvalue weighted by Crippen LogP contribution is 2.36. The fourth-order valence-electron chi connectivity index (χ4n) is 4.19. The second-order valence-corrected chi connectivity index (χ2v) is 8.00. The highest BCUT2D eigenvalue weighted by molar-refractivity contribution is 5.75. The Morgan fingerprint density at radius 3 is 2.65 bits per heavy atom. The van der Waals surface area contributed by atoms with E-state index in [2.05, 4.69) is 52.7 Å². The predicted molar refractivity (Wildman–Crippen MR) is 122 cm³/mol. The van der Waals surface area contributed by atoms with Crippen molar-refractivity contribution in [1.82, 2.24) is 0 Å². The van der Waals surface area contributed by atoms with Crippen molar-refractivity contribution in [2.75, 3.05) is 16.8 Å². The summed E-state index contributed by atoms with van der Waals surface area (Å²) in [4.78, 5) is 13.2. The highest BCUT2D eigenvalue weighted by Gasteiger charge is 2.20. The summed E-state index contributed by atoms with van der Waals surface area (Å²) in [5.74, 6) is -1.26. The van der Waals surface area contributed by atoms with Crippen LogP contribution < -0.4 is 10.2 Å². The third kappa shape index (κ3) is 5.23. The van der Waals surface area contributed by atoms with Gasteiger partial charge in [0.15, 0.2) is 0 Å². The molecule has 0 aromatic heterocycles. The first kappa shape index (κ1) is 20.9. The molecule has 0 saturated carbocycles. The number of anilines is 2. The standard InChI is InChI=1S/C26H27FN2O2/c27-23-16-20(11-12-21(23)13-14-25(30)31)17-28-24-10-4-8-22-9-5-15-29(26(22)24)18-19-6-2-1-3-7-19/h1-4,6-8,10-12,16,28H,5,9,13-15,17-18H2,(H,30,31). The van der Waals surface area contributed by atoms with Crippen molar-refractivity contribution < 1.29 is 14.3 Å². The topological polar surface area (TPSA) is 52.6 Å². The van der Waals surface area contributed by atoms with Gasteiger partial charge in [-0.05, 0) is 53.6 Å². The maximum absolute atomic E-state index is 14.4. The molecule has 4 nitrogen and oxygen atoms in total. The summed E-state index contributed by atoms with van der Waals surface area (Å²) in [6, 6.07) is 21.9. The van der Waals surface area contributed by atoms with Crippen molar-refractivity contribution in [3.8, 4) is 0 Å². The van der Waals surface area contributed by atoms with Crippen LogP contribution in [-0.4, -0.2) is 17.6 Å². The molecule has 160 valence electrons. The molecule has 4 rings (SSSR count). The molecule has 3 aromatic rings. The summed E-state index contributed by atoms with van der Waals surface area (Å²) in [5.41, 5.74) is 6.18. The summed E-state index contributed by atoms with van der Waals surface area (Å²) < 4.78 is 14.4. The summed E-state index contributed by atoms with van der Waals surface area (Å²) in [5, 5.41) is 12.3. The molecule has 0 unspecified atom stereocenters. The van der Waals surface area contributed by atoms with E-state index in [0.717, 1.165) is 37.2 Å². The van der Waals surface area contributed by atoms with Crippen molar-refractivity contribution in [1.29, 1.82) is 0 Å². The highest BCUT2D eigenvalue weighted by atomic mass is 19.1. The van der Waals surface area contributed by atoms with Crippen LogP contribution in [0.15, 0.2) is 66.7 Å².